The number of hydrogen-bond donors (Lipinski definition) is 2. The summed E-state index contributed by atoms with van der Waals surface area (Å²) in [4.78, 5) is 12.0. The molecule has 0 bridgehead atoms. The van der Waals surface area contributed by atoms with Gasteiger partial charge in [0.2, 0.25) is 5.91 Å². The van der Waals surface area contributed by atoms with Crippen LogP contribution in [0.25, 0.3) is 0 Å². The summed E-state index contributed by atoms with van der Waals surface area (Å²) in [6.07, 6.45) is 2.35. The summed E-state index contributed by atoms with van der Waals surface area (Å²) in [6.45, 7) is 2.44. The minimum absolute atomic E-state index is 0.0266. The van der Waals surface area contributed by atoms with Gasteiger partial charge in [-0.3, -0.25) is 4.79 Å². The van der Waals surface area contributed by atoms with Crippen LogP contribution >= 0.6 is 0 Å². The Balaban J connectivity index is 1.99. The summed E-state index contributed by atoms with van der Waals surface area (Å²) >= 11 is 0. The van der Waals surface area contributed by atoms with Crippen LogP contribution in [0, 0.1) is 0 Å². The Kier molecular flexibility index (Phi) is 4.56. The molecule has 2 rings (SSSR count). The van der Waals surface area contributed by atoms with E-state index >= 15 is 0 Å². The maximum Gasteiger partial charge on any atom is 0.223 e. The SMILES string of the molecule is CC(CO)(NC(=O)CC1CCCO1)c1ccccc1. The topological polar surface area (TPSA) is 58.6 Å². The monoisotopic (exact) mass is 263 g/mol. The van der Waals surface area contributed by atoms with Crippen LogP contribution in [0.1, 0.15) is 31.7 Å². The predicted octanol–water partition coefficient (Wildman–Crippen LogP) is 1.58. The maximum atomic E-state index is 12.0. The van der Waals surface area contributed by atoms with Crippen LogP contribution in [0.3, 0.4) is 0 Å². The van der Waals surface area contributed by atoms with Gasteiger partial charge in [-0.05, 0) is 25.3 Å². The van der Waals surface area contributed by atoms with Crippen LogP contribution in [0.5, 0.6) is 0 Å². The molecule has 2 N–H and O–H groups in total. The highest BCUT2D eigenvalue weighted by Gasteiger charge is 2.29. The predicted molar refractivity (Wildman–Crippen MR) is 72.6 cm³/mol. The highest BCUT2D eigenvalue weighted by Crippen LogP contribution is 2.21. The fraction of sp³-hybridized carbons (Fsp3) is 0.533. The lowest BCUT2D eigenvalue weighted by Crippen LogP contribution is -2.47. The summed E-state index contributed by atoms with van der Waals surface area (Å²) in [5, 5.41) is 12.5. The molecule has 4 heteroatoms. The van der Waals surface area contributed by atoms with Crippen LogP contribution in [0.4, 0.5) is 0 Å². The van der Waals surface area contributed by atoms with E-state index in [9.17, 15) is 9.90 Å². The Morgan fingerprint density at radius 3 is 2.79 bits per heavy atom. The number of aliphatic hydroxyl groups is 1. The number of aliphatic hydroxyl groups excluding tert-OH is 1. The van der Waals surface area contributed by atoms with Crippen LogP contribution in [0.2, 0.25) is 0 Å². The van der Waals surface area contributed by atoms with Crippen molar-refractivity contribution < 1.29 is 14.6 Å². The molecule has 1 aliphatic rings. The molecular formula is C15H21NO3. The van der Waals surface area contributed by atoms with E-state index in [0.29, 0.717) is 6.42 Å². The molecule has 2 atom stereocenters. The number of benzene rings is 1. The summed E-state index contributed by atoms with van der Waals surface area (Å²) in [5.41, 5.74) is 0.162. The van der Waals surface area contributed by atoms with Crippen LogP contribution in [-0.4, -0.2) is 30.3 Å². The first-order chi connectivity index (χ1) is 9.14. The first kappa shape index (κ1) is 14.0. The zero-order valence-corrected chi connectivity index (χ0v) is 11.3. The molecule has 1 heterocycles. The van der Waals surface area contributed by atoms with E-state index in [1.165, 1.54) is 0 Å². The Morgan fingerprint density at radius 2 is 2.21 bits per heavy atom. The van der Waals surface area contributed by atoms with Gasteiger partial charge in [-0.2, -0.15) is 0 Å². The number of rotatable bonds is 5. The van der Waals surface area contributed by atoms with Crippen molar-refractivity contribution in [3.05, 3.63) is 35.9 Å². The number of nitrogens with one attached hydrogen (secondary N) is 1. The van der Waals surface area contributed by atoms with E-state index in [1.807, 2.05) is 37.3 Å². The third-order valence-electron chi connectivity index (χ3n) is 3.58. The first-order valence-electron chi connectivity index (χ1n) is 6.73. The highest BCUT2D eigenvalue weighted by molar-refractivity contribution is 5.77. The highest BCUT2D eigenvalue weighted by atomic mass is 16.5. The fourth-order valence-corrected chi connectivity index (χ4v) is 2.38. The second-order valence-corrected chi connectivity index (χ2v) is 5.24. The minimum Gasteiger partial charge on any atom is -0.394 e. The van der Waals surface area contributed by atoms with E-state index in [1.54, 1.807) is 0 Å². The Labute approximate surface area is 113 Å². The van der Waals surface area contributed by atoms with Crippen LogP contribution in [-0.2, 0) is 15.1 Å². The van der Waals surface area contributed by atoms with Crippen LogP contribution < -0.4 is 5.32 Å². The van der Waals surface area contributed by atoms with Gasteiger partial charge in [-0.15, -0.1) is 0 Å². The van der Waals surface area contributed by atoms with Gasteiger partial charge in [-0.25, -0.2) is 0 Å². The third kappa shape index (κ3) is 3.55. The molecular weight excluding hydrogens is 242 g/mol. The summed E-state index contributed by atoms with van der Waals surface area (Å²) in [6, 6.07) is 9.52. The van der Waals surface area contributed by atoms with Crippen molar-refractivity contribution in [1.29, 1.82) is 0 Å². The van der Waals surface area contributed by atoms with Gasteiger partial charge in [-0.1, -0.05) is 30.3 Å². The average molecular weight is 263 g/mol. The number of carbonyl (C=O) groups excluding carboxylic acids is 1. The normalized spacial score (nSPS) is 21.9. The van der Waals surface area contributed by atoms with Gasteiger partial charge >= 0.3 is 0 Å². The van der Waals surface area contributed by atoms with Gasteiger partial charge in [0.15, 0.2) is 0 Å². The van der Waals surface area contributed by atoms with Gasteiger partial charge in [0.1, 0.15) is 0 Å². The van der Waals surface area contributed by atoms with E-state index < -0.39 is 5.54 Å². The number of hydrogen-bond acceptors (Lipinski definition) is 3. The number of carbonyl (C=O) groups is 1. The van der Waals surface area contributed by atoms with Crippen LogP contribution in [0.15, 0.2) is 30.3 Å². The van der Waals surface area contributed by atoms with Crippen molar-refractivity contribution in [1.82, 2.24) is 5.32 Å². The smallest absolute Gasteiger partial charge is 0.223 e. The molecule has 1 saturated heterocycles. The van der Waals surface area contributed by atoms with E-state index in [-0.39, 0.29) is 18.6 Å². The Hall–Kier alpha value is -1.39. The van der Waals surface area contributed by atoms with Crippen molar-refractivity contribution in [2.24, 2.45) is 0 Å². The first-order valence-corrected chi connectivity index (χ1v) is 6.73. The molecule has 1 amide bonds. The molecule has 1 aromatic rings. The standard InChI is InChI=1S/C15H21NO3/c1-15(11-17,12-6-3-2-4-7-12)16-14(18)10-13-8-5-9-19-13/h2-4,6-7,13,17H,5,8-11H2,1H3,(H,16,18). The fourth-order valence-electron chi connectivity index (χ4n) is 2.38. The summed E-state index contributed by atoms with van der Waals surface area (Å²) in [5.74, 6) is -0.0766. The van der Waals surface area contributed by atoms with Gasteiger partial charge in [0.05, 0.1) is 24.7 Å². The van der Waals surface area contributed by atoms with E-state index in [2.05, 4.69) is 5.32 Å². The Bertz CT molecular complexity index is 415. The molecule has 0 saturated carbocycles. The van der Waals surface area contributed by atoms with E-state index in [0.717, 1.165) is 25.0 Å². The summed E-state index contributed by atoms with van der Waals surface area (Å²) < 4.78 is 5.45. The van der Waals surface area contributed by atoms with E-state index in [4.69, 9.17) is 4.74 Å². The zero-order chi connectivity index (χ0) is 13.7. The molecule has 0 radical (unpaired) electrons. The lowest BCUT2D eigenvalue weighted by Gasteiger charge is -2.29. The molecule has 1 aromatic carbocycles. The molecule has 0 aromatic heterocycles. The van der Waals surface area contributed by atoms with Crippen molar-refractivity contribution >= 4 is 5.91 Å². The maximum absolute atomic E-state index is 12.0. The number of ether oxygens (including phenoxy) is 1. The lowest BCUT2D eigenvalue weighted by atomic mass is 9.92. The number of amides is 1. The largest absolute Gasteiger partial charge is 0.394 e. The van der Waals surface area contributed by atoms with Crippen molar-refractivity contribution in [2.75, 3.05) is 13.2 Å². The molecule has 19 heavy (non-hydrogen) atoms. The molecule has 0 spiro atoms. The lowest BCUT2D eigenvalue weighted by molar-refractivity contribution is -0.125. The van der Waals surface area contributed by atoms with Gasteiger partial charge in [0, 0.05) is 6.61 Å². The second kappa shape index (κ2) is 6.17. The molecule has 104 valence electrons. The minimum atomic E-state index is -0.739. The van der Waals surface area contributed by atoms with Gasteiger partial charge in [0.25, 0.3) is 0 Å². The molecule has 2 unspecified atom stereocenters. The van der Waals surface area contributed by atoms with Crippen molar-refractivity contribution in [3.63, 3.8) is 0 Å². The molecule has 0 aliphatic carbocycles. The quantitative estimate of drug-likeness (QED) is 0.848. The second-order valence-electron chi connectivity index (χ2n) is 5.24. The molecule has 1 aliphatic heterocycles. The zero-order valence-electron chi connectivity index (χ0n) is 11.3. The Morgan fingerprint density at radius 1 is 1.47 bits per heavy atom. The van der Waals surface area contributed by atoms with Crippen molar-refractivity contribution in [3.8, 4) is 0 Å². The summed E-state index contributed by atoms with van der Waals surface area (Å²) in [7, 11) is 0. The average Bonchev–Trinajstić information content (AvgIpc) is 2.92. The third-order valence-corrected chi connectivity index (χ3v) is 3.58. The van der Waals surface area contributed by atoms with Crippen molar-refractivity contribution in [2.45, 2.75) is 37.8 Å². The molecule has 1 fully saturated rings. The molecule has 4 nitrogen and oxygen atoms in total. The van der Waals surface area contributed by atoms with Gasteiger partial charge < -0.3 is 15.2 Å².